The number of hydrogen-bond acceptors (Lipinski definition) is 4. The van der Waals surface area contributed by atoms with Crippen molar-refractivity contribution < 1.29 is 9.53 Å². The Bertz CT molecular complexity index is 672. The minimum atomic E-state index is 0.0871. The molecule has 1 amide bonds. The maximum atomic E-state index is 12.8. The standard InChI is InChI=1S/C23H35N3O2/c1-24-11-5-7-22(24)23(27)26-15-10-19-17-21(9-8-20(19)18-26)28-16-6-14-25-12-3-2-4-13-25/h8-9,17,22H,2-7,10-16,18H2,1H3/t22-/m0/s1. The van der Waals surface area contributed by atoms with E-state index in [0.29, 0.717) is 5.91 Å². The molecule has 0 N–H and O–H groups in total. The molecule has 3 aliphatic heterocycles. The lowest BCUT2D eigenvalue weighted by Crippen LogP contribution is -2.46. The van der Waals surface area contributed by atoms with E-state index in [2.05, 4.69) is 35.0 Å². The highest BCUT2D eigenvalue weighted by Gasteiger charge is 2.32. The highest BCUT2D eigenvalue weighted by atomic mass is 16.5. The molecule has 28 heavy (non-hydrogen) atoms. The number of piperidine rings is 1. The van der Waals surface area contributed by atoms with Crippen LogP contribution in [-0.4, -0.2) is 73.0 Å². The molecule has 0 bridgehead atoms. The second-order valence-electron chi connectivity index (χ2n) is 8.68. The largest absolute Gasteiger partial charge is 0.494 e. The molecule has 4 rings (SSSR count). The molecule has 1 aromatic rings. The smallest absolute Gasteiger partial charge is 0.240 e. The maximum absolute atomic E-state index is 12.8. The average molecular weight is 386 g/mol. The topological polar surface area (TPSA) is 36.0 Å². The van der Waals surface area contributed by atoms with Gasteiger partial charge in [-0.15, -0.1) is 0 Å². The Morgan fingerprint density at radius 2 is 1.93 bits per heavy atom. The predicted molar refractivity (Wildman–Crippen MR) is 112 cm³/mol. The Kier molecular flexibility index (Phi) is 6.53. The fourth-order valence-corrected chi connectivity index (χ4v) is 4.90. The predicted octanol–water partition coefficient (Wildman–Crippen LogP) is 2.92. The lowest BCUT2D eigenvalue weighted by Gasteiger charge is -2.32. The molecule has 0 aromatic heterocycles. The van der Waals surface area contributed by atoms with Crippen molar-refractivity contribution in [3.63, 3.8) is 0 Å². The summed E-state index contributed by atoms with van der Waals surface area (Å²) in [5.74, 6) is 1.29. The van der Waals surface area contributed by atoms with Crippen LogP contribution in [0.3, 0.4) is 0 Å². The normalized spacial score (nSPS) is 23.6. The molecule has 5 nitrogen and oxygen atoms in total. The van der Waals surface area contributed by atoms with Crippen LogP contribution in [0, 0.1) is 0 Å². The summed E-state index contributed by atoms with van der Waals surface area (Å²) in [6.45, 7) is 7.06. The number of fused-ring (bicyclic) bond motifs is 1. The number of ether oxygens (including phenoxy) is 1. The molecule has 3 aliphatic rings. The Balaban J connectivity index is 1.26. The van der Waals surface area contributed by atoms with Gasteiger partial charge in [0.1, 0.15) is 5.75 Å². The van der Waals surface area contributed by atoms with Crippen molar-refractivity contribution in [3.8, 4) is 5.75 Å². The molecule has 5 heteroatoms. The number of likely N-dealkylation sites (N-methyl/N-ethyl adjacent to an activating group) is 1. The fraction of sp³-hybridized carbons (Fsp3) is 0.696. The van der Waals surface area contributed by atoms with Gasteiger partial charge in [0.05, 0.1) is 12.6 Å². The summed E-state index contributed by atoms with van der Waals surface area (Å²) in [6.07, 6.45) is 8.25. The molecule has 0 radical (unpaired) electrons. The number of nitrogens with zero attached hydrogens (tertiary/aromatic N) is 3. The highest BCUT2D eigenvalue weighted by molar-refractivity contribution is 5.82. The van der Waals surface area contributed by atoms with Crippen molar-refractivity contribution in [3.05, 3.63) is 29.3 Å². The molecule has 2 saturated heterocycles. The maximum Gasteiger partial charge on any atom is 0.240 e. The van der Waals surface area contributed by atoms with Crippen molar-refractivity contribution in [1.82, 2.24) is 14.7 Å². The molecule has 2 fully saturated rings. The van der Waals surface area contributed by atoms with E-state index in [4.69, 9.17) is 4.74 Å². The van der Waals surface area contributed by atoms with Crippen molar-refractivity contribution in [2.75, 3.05) is 46.4 Å². The minimum Gasteiger partial charge on any atom is -0.494 e. The molecule has 1 atom stereocenters. The lowest BCUT2D eigenvalue weighted by molar-refractivity contribution is -0.136. The van der Waals surface area contributed by atoms with E-state index in [1.54, 1.807) is 0 Å². The van der Waals surface area contributed by atoms with Gasteiger partial charge in [0, 0.05) is 19.6 Å². The van der Waals surface area contributed by atoms with Crippen molar-refractivity contribution in [2.45, 2.75) is 57.5 Å². The van der Waals surface area contributed by atoms with Crippen LogP contribution in [-0.2, 0) is 17.8 Å². The van der Waals surface area contributed by atoms with Gasteiger partial charge in [-0.2, -0.15) is 0 Å². The summed E-state index contributed by atoms with van der Waals surface area (Å²) >= 11 is 0. The summed E-state index contributed by atoms with van der Waals surface area (Å²) < 4.78 is 6.02. The van der Waals surface area contributed by atoms with E-state index in [0.717, 1.165) is 64.2 Å². The van der Waals surface area contributed by atoms with E-state index >= 15 is 0 Å². The van der Waals surface area contributed by atoms with Gasteiger partial charge in [0.2, 0.25) is 5.91 Å². The monoisotopic (exact) mass is 385 g/mol. The number of rotatable bonds is 6. The lowest BCUT2D eigenvalue weighted by atomic mass is 9.98. The van der Waals surface area contributed by atoms with E-state index in [1.807, 2.05) is 4.90 Å². The summed E-state index contributed by atoms with van der Waals surface area (Å²) in [7, 11) is 2.07. The van der Waals surface area contributed by atoms with Crippen LogP contribution in [0.25, 0.3) is 0 Å². The molecular weight excluding hydrogens is 350 g/mol. The molecule has 0 unspecified atom stereocenters. The Hall–Kier alpha value is -1.59. The Morgan fingerprint density at radius 3 is 2.71 bits per heavy atom. The van der Waals surface area contributed by atoms with Gasteiger partial charge >= 0.3 is 0 Å². The SMILES string of the molecule is CN1CCC[C@H]1C(=O)N1CCc2cc(OCCCN3CCCCC3)ccc2C1. The minimum absolute atomic E-state index is 0.0871. The fourth-order valence-electron chi connectivity index (χ4n) is 4.90. The third-order valence-electron chi connectivity index (χ3n) is 6.64. The molecule has 1 aromatic carbocycles. The van der Waals surface area contributed by atoms with Gasteiger partial charge in [-0.05, 0) is 88.5 Å². The first kappa shape index (κ1) is 19.7. The van der Waals surface area contributed by atoms with Crippen LogP contribution < -0.4 is 4.74 Å². The van der Waals surface area contributed by atoms with Crippen molar-refractivity contribution in [1.29, 1.82) is 0 Å². The van der Waals surface area contributed by atoms with E-state index in [-0.39, 0.29) is 6.04 Å². The van der Waals surface area contributed by atoms with Gasteiger partial charge in [0.15, 0.2) is 0 Å². The van der Waals surface area contributed by atoms with E-state index in [9.17, 15) is 4.79 Å². The van der Waals surface area contributed by atoms with Gasteiger partial charge < -0.3 is 14.5 Å². The number of amides is 1. The molecule has 0 aliphatic carbocycles. The summed E-state index contributed by atoms with van der Waals surface area (Å²) in [5.41, 5.74) is 2.62. The number of benzene rings is 1. The second-order valence-corrected chi connectivity index (χ2v) is 8.68. The van der Waals surface area contributed by atoms with Crippen LogP contribution in [0.1, 0.15) is 49.7 Å². The Labute approximate surface area is 169 Å². The Morgan fingerprint density at radius 1 is 1.07 bits per heavy atom. The first-order valence-corrected chi connectivity index (χ1v) is 11.2. The molecule has 154 valence electrons. The summed E-state index contributed by atoms with van der Waals surface area (Å²) in [5, 5.41) is 0. The van der Waals surface area contributed by atoms with Crippen LogP contribution in [0.15, 0.2) is 18.2 Å². The summed E-state index contributed by atoms with van der Waals surface area (Å²) in [6, 6.07) is 6.52. The third kappa shape index (κ3) is 4.69. The first-order valence-electron chi connectivity index (χ1n) is 11.2. The zero-order chi connectivity index (χ0) is 19.3. The number of likely N-dealkylation sites (tertiary alicyclic amines) is 2. The number of carbonyl (C=O) groups is 1. The van der Waals surface area contributed by atoms with E-state index < -0.39 is 0 Å². The van der Waals surface area contributed by atoms with E-state index in [1.165, 1.54) is 43.5 Å². The molecular formula is C23H35N3O2. The van der Waals surface area contributed by atoms with Gasteiger partial charge in [-0.1, -0.05) is 12.5 Å². The second kappa shape index (κ2) is 9.27. The zero-order valence-electron chi connectivity index (χ0n) is 17.4. The van der Waals surface area contributed by atoms with Gasteiger partial charge in [-0.3, -0.25) is 9.69 Å². The van der Waals surface area contributed by atoms with Crippen LogP contribution in [0.4, 0.5) is 0 Å². The van der Waals surface area contributed by atoms with Gasteiger partial charge in [0.25, 0.3) is 0 Å². The molecule has 0 spiro atoms. The zero-order valence-corrected chi connectivity index (χ0v) is 17.4. The average Bonchev–Trinajstić information content (AvgIpc) is 3.17. The van der Waals surface area contributed by atoms with Crippen LogP contribution in [0.2, 0.25) is 0 Å². The van der Waals surface area contributed by atoms with Crippen molar-refractivity contribution >= 4 is 5.91 Å². The highest BCUT2D eigenvalue weighted by Crippen LogP contribution is 2.26. The van der Waals surface area contributed by atoms with Gasteiger partial charge in [-0.25, -0.2) is 0 Å². The van der Waals surface area contributed by atoms with Crippen LogP contribution >= 0.6 is 0 Å². The van der Waals surface area contributed by atoms with Crippen molar-refractivity contribution in [2.24, 2.45) is 0 Å². The third-order valence-corrected chi connectivity index (χ3v) is 6.64. The number of hydrogen-bond donors (Lipinski definition) is 0. The molecule has 0 saturated carbocycles. The van der Waals surface area contributed by atoms with Crippen LogP contribution in [0.5, 0.6) is 5.75 Å². The first-order chi connectivity index (χ1) is 13.7. The number of carbonyl (C=O) groups excluding carboxylic acids is 1. The quantitative estimate of drug-likeness (QED) is 0.706. The molecule has 3 heterocycles. The summed E-state index contributed by atoms with van der Waals surface area (Å²) in [4.78, 5) is 19.7.